The van der Waals surface area contributed by atoms with Gasteiger partial charge in [-0.05, 0) is 25.3 Å². The maximum atomic E-state index is 12.0. The average molecular weight is 364 g/mol. The van der Waals surface area contributed by atoms with Gasteiger partial charge in [0.2, 0.25) is 5.91 Å². The first-order valence-corrected chi connectivity index (χ1v) is 8.26. The third kappa shape index (κ3) is 5.01. The van der Waals surface area contributed by atoms with E-state index < -0.39 is 28.8 Å². The van der Waals surface area contributed by atoms with Crippen LogP contribution in [0.1, 0.15) is 37.7 Å². The molecule has 0 spiro atoms. The lowest BCUT2D eigenvalue weighted by molar-refractivity contribution is -0.384. The zero-order valence-corrected chi connectivity index (χ0v) is 14.2. The summed E-state index contributed by atoms with van der Waals surface area (Å²) in [5.74, 6) is -3.37. The summed E-state index contributed by atoms with van der Waals surface area (Å²) in [4.78, 5) is 45.9. The van der Waals surface area contributed by atoms with E-state index in [1.165, 1.54) is 24.3 Å². The number of hydrogen-bond acceptors (Lipinski definition) is 6. The van der Waals surface area contributed by atoms with E-state index in [1.54, 1.807) is 6.92 Å². The zero-order valence-electron chi connectivity index (χ0n) is 14.2. The summed E-state index contributed by atoms with van der Waals surface area (Å²) in [7, 11) is 0. The van der Waals surface area contributed by atoms with Crippen molar-refractivity contribution in [2.24, 2.45) is 5.92 Å². The van der Waals surface area contributed by atoms with Crippen LogP contribution < -0.4 is 5.32 Å². The number of carboxylic acids is 1. The number of carbonyl (C=O) groups excluding carboxylic acids is 2. The Hall–Kier alpha value is -2.97. The van der Waals surface area contributed by atoms with E-state index in [9.17, 15) is 29.6 Å². The number of hydrogen-bond donors (Lipinski definition) is 2. The number of ether oxygens (including phenoxy) is 1. The van der Waals surface area contributed by atoms with E-state index in [0.29, 0.717) is 18.4 Å². The molecule has 1 aliphatic rings. The highest BCUT2D eigenvalue weighted by molar-refractivity contribution is 5.87. The fourth-order valence-corrected chi connectivity index (χ4v) is 2.62. The van der Waals surface area contributed by atoms with Gasteiger partial charge in [-0.2, -0.15) is 0 Å². The molecule has 0 heterocycles. The van der Waals surface area contributed by atoms with Gasteiger partial charge in [-0.1, -0.05) is 12.1 Å². The van der Waals surface area contributed by atoms with Crippen molar-refractivity contribution in [1.29, 1.82) is 0 Å². The van der Waals surface area contributed by atoms with Gasteiger partial charge in [0.05, 0.1) is 18.0 Å². The summed E-state index contributed by atoms with van der Waals surface area (Å²) in [6.45, 7) is 1.76. The molecule has 1 saturated carbocycles. The predicted molar refractivity (Wildman–Crippen MR) is 89.4 cm³/mol. The number of non-ortho nitro benzene ring substituents is 1. The molecule has 1 aromatic carbocycles. The molecule has 0 saturated heterocycles. The number of aliphatic carboxylic acids is 1. The number of esters is 1. The van der Waals surface area contributed by atoms with E-state index >= 15 is 0 Å². The minimum absolute atomic E-state index is 0.137. The van der Waals surface area contributed by atoms with E-state index in [4.69, 9.17) is 4.74 Å². The minimum Gasteiger partial charge on any atom is -0.480 e. The Morgan fingerprint density at radius 1 is 1.31 bits per heavy atom. The summed E-state index contributed by atoms with van der Waals surface area (Å²) in [5.41, 5.74) is 0.240. The molecule has 0 radical (unpaired) electrons. The quantitative estimate of drug-likeness (QED) is 0.386. The summed E-state index contributed by atoms with van der Waals surface area (Å²) in [6, 6.07) is 3.90. The first-order valence-electron chi connectivity index (χ1n) is 8.26. The Morgan fingerprint density at radius 3 is 2.38 bits per heavy atom. The van der Waals surface area contributed by atoms with Crippen molar-refractivity contribution < 1.29 is 29.2 Å². The number of nitrogens with zero attached hydrogens (tertiary/aromatic N) is 1. The monoisotopic (exact) mass is 364 g/mol. The standard InChI is InChI=1S/C17H20N2O7/c1-2-26-14(20)9-13(10-5-7-12(8-6-10)19(24)25)15(17(22)23)18-16(21)11-3-4-11/h5-8,11,13,15H,2-4,9H2,1H3,(H,18,21)(H,22,23)/t13-,15+/m0/s1. The molecule has 2 atom stereocenters. The molecule has 0 bridgehead atoms. The average Bonchev–Trinajstić information content (AvgIpc) is 3.43. The lowest BCUT2D eigenvalue weighted by Crippen LogP contribution is -2.46. The number of nitrogens with one attached hydrogen (secondary N) is 1. The second-order valence-corrected chi connectivity index (χ2v) is 6.06. The molecule has 1 fully saturated rings. The van der Waals surface area contributed by atoms with Crippen LogP contribution >= 0.6 is 0 Å². The first-order chi connectivity index (χ1) is 12.3. The van der Waals surface area contributed by atoms with Crippen molar-refractivity contribution >= 4 is 23.5 Å². The molecule has 140 valence electrons. The normalized spacial score (nSPS) is 15.6. The van der Waals surface area contributed by atoms with Gasteiger partial charge >= 0.3 is 11.9 Å². The van der Waals surface area contributed by atoms with Crippen molar-refractivity contribution in [3.8, 4) is 0 Å². The summed E-state index contributed by atoms with van der Waals surface area (Å²) >= 11 is 0. The molecule has 2 N–H and O–H groups in total. The third-order valence-electron chi connectivity index (χ3n) is 4.14. The van der Waals surface area contributed by atoms with E-state index in [-0.39, 0.29) is 30.5 Å². The van der Waals surface area contributed by atoms with Gasteiger partial charge in [-0.3, -0.25) is 19.7 Å². The number of benzene rings is 1. The highest BCUT2D eigenvalue weighted by Crippen LogP contribution is 2.31. The van der Waals surface area contributed by atoms with Gasteiger partial charge in [-0.25, -0.2) is 4.79 Å². The molecule has 2 rings (SSSR count). The number of nitro groups is 1. The Balaban J connectivity index is 2.29. The van der Waals surface area contributed by atoms with Crippen molar-refractivity contribution in [1.82, 2.24) is 5.32 Å². The molecule has 9 heteroatoms. The Bertz CT molecular complexity index is 698. The molecule has 0 unspecified atom stereocenters. The highest BCUT2D eigenvalue weighted by Gasteiger charge is 2.37. The molecule has 26 heavy (non-hydrogen) atoms. The Kier molecular flexibility index (Phi) is 6.26. The fraction of sp³-hybridized carbons (Fsp3) is 0.471. The Morgan fingerprint density at radius 2 is 1.92 bits per heavy atom. The molecule has 1 amide bonds. The van der Waals surface area contributed by atoms with Crippen LogP contribution in [0.15, 0.2) is 24.3 Å². The number of carboxylic acid groups (broad SMARTS) is 1. The highest BCUT2D eigenvalue weighted by atomic mass is 16.6. The molecule has 0 aliphatic heterocycles. The lowest BCUT2D eigenvalue weighted by Gasteiger charge is -2.24. The van der Waals surface area contributed by atoms with Crippen LogP contribution in [-0.4, -0.2) is 40.5 Å². The van der Waals surface area contributed by atoms with Gasteiger partial charge < -0.3 is 15.2 Å². The van der Waals surface area contributed by atoms with Gasteiger partial charge in [-0.15, -0.1) is 0 Å². The maximum absolute atomic E-state index is 12.0. The third-order valence-corrected chi connectivity index (χ3v) is 4.14. The molecular weight excluding hydrogens is 344 g/mol. The van der Waals surface area contributed by atoms with E-state index in [1.807, 2.05) is 0 Å². The summed E-state index contributed by atoms with van der Waals surface area (Å²) < 4.78 is 4.90. The zero-order chi connectivity index (χ0) is 19.3. The maximum Gasteiger partial charge on any atom is 0.326 e. The van der Waals surface area contributed by atoms with E-state index in [2.05, 4.69) is 5.32 Å². The second-order valence-electron chi connectivity index (χ2n) is 6.06. The van der Waals surface area contributed by atoms with Crippen LogP contribution in [0.25, 0.3) is 0 Å². The number of carbonyl (C=O) groups is 3. The second kappa shape index (κ2) is 8.41. The Labute approximate surface area is 149 Å². The summed E-state index contributed by atoms with van der Waals surface area (Å²) in [6.07, 6.45) is 1.14. The lowest BCUT2D eigenvalue weighted by atomic mass is 9.88. The van der Waals surface area contributed by atoms with Crippen LogP contribution in [-0.2, 0) is 19.1 Å². The fourth-order valence-electron chi connectivity index (χ4n) is 2.62. The van der Waals surface area contributed by atoms with Crippen molar-refractivity contribution in [2.75, 3.05) is 6.61 Å². The molecular formula is C17H20N2O7. The van der Waals surface area contributed by atoms with Crippen LogP contribution in [0.5, 0.6) is 0 Å². The van der Waals surface area contributed by atoms with Crippen LogP contribution in [0.3, 0.4) is 0 Å². The van der Waals surface area contributed by atoms with Crippen molar-refractivity contribution in [2.45, 2.75) is 38.1 Å². The summed E-state index contributed by atoms with van der Waals surface area (Å²) in [5, 5.41) is 22.8. The SMILES string of the molecule is CCOC(=O)C[C@@H](c1ccc([N+](=O)[O-])cc1)[C@@H](NC(=O)C1CC1)C(=O)O. The van der Waals surface area contributed by atoms with Crippen molar-refractivity contribution in [3.63, 3.8) is 0 Å². The van der Waals surface area contributed by atoms with Gasteiger partial charge in [0.25, 0.3) is 5.69 Å². The largest absolute Gasteiger partial charge is 0.480 e. The first kappa shape index (κ1) is 19.4. The van der Waals surface area contributed by atoms with E-state index in [0.717, 1.165) is 0 Å². The molecule has 0 aromatic heterocycles. The van der Waals surface area contributed by atoms with Gasteiger partial charge in [0, 0.05) is 24.0 Å². The molecule has 1 aromatic rings. The molecule has 9 nitrogen and oxygen atoms in total. The number of amides is 1. The smallest absolute Gasteiger partial charge is 0.326 e. The van der Waals surface area contributed by atoms with Gasteiger partial charge in [0.15, 0.2) is 0 Å². The van der Waals surface area contributed by atoms with Gasteiger partial charge in [0.1, 0.15) is 6.04 Å². The topological polar surface area (TPSA) is 136 Å². The predicted octanol–water partition coefficient (Wildman–Crippen LogP) is 1.61. The number of rotatable bonds is 9. The molecule has 1 aliphatic carbocycles. The number of nitro benzene ring substituents is 1. The van der Waals surface area contributed by atoms with Crippen LogP contribution in [0, 0.1) is 16.0 Å². The van der Waals surface area contributed by atoms with Crippen LogP contribution in [0.2, 0.25) is 0 Å². The van der Waals surface area contributed by atoms with Crippen LogP contribution in [0.4, 0.5) is 5.69 Å². The van der Waals surface area contributed by atoms with Crippen molar-refractivity contribution in [3.05, 3.63) is 39.9 Å². The minimum atomic E-state index is -1.34.